The normalized spacial score (nSPS) is 15.2. The number of aromatic nitrogens is 3. The maximum atomic E-state index is 13.4. The number of amides is 2. The fourth-order valence-electron chi connectivity index (χ4n) is 4.84. The average Bonchev–Trinajstić information content (AvgIpc) is 3.34. The van der Waals surface area contributed by atoms with Gasteiger partial charge < -0.3 is 20.1 Å². The van der Waals surface area contributed by atoms with E-state index in [4.69, 9.17) is 0 Å². The Bertz CT molecular complexity index is 1190. The second kappa shape index (κ2) is 13.2. The van der Waals surface area contributed by atoms with Crippen molar-refractivity contribution in [3.8, 4) is 0 Å². The molecule has 3 aromatic rings. The van der Waals surface area contributed by atoms with E-state index >= 15 is 0 Å². The topological polar surface area (TPSA) is 92.2 Å². The average molecular weight is 525 g/mol. The van der Waals surface area contributed by atoms with Crippen LogP contribution in [0, 0.1) is 11.6 Å². The Kier molecular flexibility index (Phi) is 9.53. The Hall–Kier alpha value is -3.66. The molecule has 2 aromatic heterocycles. The number of likely N-dealkylation sites (tertiary alicyclic amines) is 1. The Labute approximate surface area is 221 Å². The van der Waals surface area contributed by atoms with Crippen LogP contribution in [0.3, 0.4) is 0 Å². The van der Waals surface area contributed by atoms with Gasteiger partial charge in [-0.15, -0.1) is 0 Å². The number of pyridine rings is 1. The first-order chi connectivity index (χ1) is 18.4. The van der Waals surface area contributed by atoms with E-state index < -0.39 is 23.6 Å². The highest BCUT2D eigenvalue weighted by Crippen LogP contribution is 2.27. The predicted molar refractivity (Wildman–Crippen MR) is 140 cm³/mol. The highest BCUT2D eigenvalue weighted by Gasteiger charge is 2.22. The second-order valence-corrected chi connectivity index (χ2v) is 9.75. The number of anilines is 1. The lowest BCUT2D eigenvalue weighted by molar-refractivity contribution is -0.126. The molecule has 3 heterocycles. The quantitative estimate of drug-likeness (QED) is 0.397. The van der Waals surface area contributed by atoms with E-state index in [9.17, 15) is 18.4 Å². The van der Waals surface area contributed by atoms with Crippen molar-refractivity contribution in [3.63, 3.8) is 0 Å². The first-order valence-electron chi connectivity index (χ1n) is 13.1. The van der Waals surface area contributed by atoms with Crippen molar-refractivity contribution in [2.24, 2.45) is 0 Å². The van der Waals surface area contributed by atoms with Crippen LogP contribution in [0.4, 0.5) is 14.6 Å². The molecule has 0 spiro atoms. The molecule has 202 valence electrons. The largest absolute Gasteiger partial charge is 0.344 e. The van der Waals surface area contributed by atoms with Gasteiger partial charge in [-0.2, -0.15) is 0 Å². The zero-order chi connectivity index (χ0) is 26.9. The van der Waals surface area contributed by atoms with Gasteiger partial charge in [-0.05, 0) is 73.7 Å². The van der Waals surface area contributed by atoms with E-state index in [-0.39, 0.29) is 17.9 Å². The Morgan fingerprint density at radius 2 is 1.79 bits per heavy atom. The minimum Gasteiger partial charge on any atom is -0.344 e. The molecule has 0 unspecified atom stereocenters. The van der Waals surface area contributed by atoms with Gasteiger partial charge in [0, 0.05) is 37.7 Å². The van der Waals surface area contributed by atoms with Crippen molar-refractivity contribution in [2.45, 2.75) is 57.5 Å². The van der Waals surface area contributed by atoms with Crippen molar-refractivity contribution < 1.29 is 18.4 Å². The molecule has 1 fully saturated rings. The molecule has 0 saturated carbocycles. The molecular weight excluding hydrogens is 490 g/mol. The molecule has 0 radical (unpaired) electrons. The van der Waals surface area contributed by atoms with Gasteiger partial charge in [0.25, 0.3) is 0 Å². The van der Waals surface area contributed by atoms with E-state index in [1.807, 2.05) is 23.9 Å². The van der Waals surface area contributed by atoms with Crippen LogP contribution in [0.1, 0.15) is 49.7 Å². The highest BCUT2D eigenvalue weighted by atomic mass is 19.1. The van der Waals surface area contributed by atoms with Crippen LogP contribution in [-0.2, 0) is 22.6 Å². The number of hydrogen-bond acceptors (Lipinski definition) is 5. The zero-order valence-electron chi connectivity index (χ0n) is 21.6. The Balaban J connectivity index is 1.23. The van der Waals surface area contributed by atoms with E-state index in [0.717, 1.165) is 57.2 Å². The van der Waals surface area contributed by atoms with Crippen LogP contribution in [-0.4, -0.2) is 56.9 Å². The number of piperidine rings is 1. The van der Waals surface area contributed by atoms with Gasteiger partial charge in [0.15, 0.2) is 5.82 Å². The van der Waals surface area contributed by atoms with Gasteiger partial charge in [-0.3, -0.25) is 14.6 Å². The molecule has 10 heteroatoms. The molecule has 2 amide bonds. The molecule has 2 N–H and O–H groups in total. The van der Waals surface area contributed by atoms with Gasteiger partial charge in [0.05, 0.1) is 12.7 Å². The molecule has 8 nitrogen and oxygen atoms in total. The summed E-state index contributed by atoms with van der Waals surface area (Å²) in [6.07, 6.45) is 10.3. The van der Waals surface area contributed by atoms with Crippen LogP contribution in [0.25, 0.3) is 0 Å². The van der Waals surface area contributed by atoms with Crippen LogP contribution >= 0.6 is 0 Å². The lowest BCUT2D eigenvalue weighted by Gasteiger charge is -2.32. The minimum atomic E-state index is -0.780. The SMILES string of the molecule is CCC[C@H](NC(=O)Cc1cc(F)cc(F)c1)C(=O)Nc1cn(CCN2CCC(c3ccncc3)CC2)cn1. The van der Waals surface area contributed by atoms with Crippen molar-refractivity contribution in [3.05, 3.63) is 78.0 Å². The molecule has 1 saturated heterocycles. The molecule has 1 aromatic carbocycles. The number of benzene rings is 1. The summed E-state index contributed by atoms with van der Waals surface area (Å²) in [5.74, 6) is -1.37. The van der Waals surface area contributed by atoms with Gasteiger partial charge in [0.1, 0.15) is 17.7 Å². The summed E-state index contributed by atoms with van der Waals surface area (Å²) in [7, 11) is 0. The first kappa shape index (κ1) is 27.4. The molecule has 38 heavy (non-hydrogen) atoms. The summed E-state index contributed by atoms with van der Waals surface area (Å²) < 4.78 is 28.8. The Morgan fingerprint density at radius 3 is 2.47 bits per heavy atom. The van der Waals surface area contributed by atoms with Gasteiger partial charge >= 0.3 is 0 Å². The summed E-state index contributed by atoms with van der Waals surface area (Å²) in [5, 5.41) is 5.45. The van der Waals surface area contributed by atoms with Gasteiger partial charge in [0.2, 0.25) is 11.8 Å². The third kappa shape index (κ3) is 7.92. The summed E-state index contributed by atoms with van der Waals surface area (Å²) in [5.41, 5.74) is 1.56. The number of carbonyl (C=O) groups excluding carboxylic acids is 2. The maximum Gasteiger partial charge on any atom is 0.248 e. The number of nitrogens with one attached hydrogen (secondary N) is 2. The fourth-order valence-corrected chi connectivity index (χ4v) is 4.84. The fraction of sp³-hybridized carbons (Fsp3) is 0.429. The second-order valence-electron chi connectivity index (χ2n) is 9.75. The smallest absolute Gasteiger partial charge is 0.248 e. The number of imidazole rings is 1. The van der Waals surface area contributed by atoms with Crippen LogP contribution in [0.15, 0.2) is 55.2 Å². The van der Waals surface area contributed by atoms with Gasteiger partial charge in [-0.25, -0.2) is 13.8 Å². The maximum absolute atomic E-state index is 13.4. The van der Waals surface area contributed by atoms with Crippen LogP contribution < -0.4 is 10.6 Å². The van der Waals surface area contributed by atoms with E-state index in [1.54, 1.807) is 12.5 Å². The zero-order valence-corrected chi connectivity index (χ0v) is 21.6. The first-order valence-corrected chi connectivity index (χ1v) is 13.1. The van der Waals surface area contributed by atoms with Crippen molar-refractivity contribution in [1.82, 2.24) is 24.8 Å². The number of halogens is 2. The van der Waals surface area contributed by atoms with Gasteiger partial charge in [-0.1, -0.05) is 13.3 Å². The van der Waals surface area contributed by atoms with Crippen LogP contribution in [0.2, 0.25) is 0 Å². The summed E-state index contributed by atoms with van der Waals surface area (Å²) in [6.45, 7) is 5.62. The van der Waals surface area contributed by atoms with Crippen molar-refractivity contribution >= 4 is 17.6 Å². The standard InChI is InChI=1S/C28H34F2N6O2/c1-2-3-25(33-27(37)16-20-14-23(29)17-24(30)15-20)28(38)34-26-18-36(19-32-26)13-12-35-10-6-22(7-11-35)21-4-8-31-9-5-21/h4-5,8-9,14-15,17-19,22,25H,2-3,6-7,10-13,16H2,1H3,(H,33,37)(H,34,38)/t25-/m0/s1. The molecule has 1 aliphatic rings. The third-order valence-corrected chi connectivity index (χ3v) is 6.84. The van der Waals surface area contributed by atoms with E-state index in [2.05, 4.69) is 37.6 Å². The monoisotopic (exact) mass is 524 g/mol. The van der Waals surface area contributed by atoms with Crippen molar-refractivity contribution in [1.29, 1.82) is 0 Å². The van der Waals surface area contributed by atoms with E-state index in [0.29, 0.717) is 24.6 Å². The molecule has 1 atom stereocenters. The Morgan fingerprint density at radius 1 is 1.08 bits per heavy atom. The lowest BCUT2D eigenvalue weighted by Crippen LogP contribution is -2.44. The molecule has 0 bridgehead atoms. The van der Waals surface area contributed by atoms with Crippen molar-refractivity contribution in [2.75, 3.05) is 25.0 Å². The molecule has 4 rings (SSSR count). The summed E-state index contributed by atoms with van der Waals surface area (Å²) >= 11 is 0. The molecular formula is C28H34F2N6O2. The number of carbonyl (C=O) groups is 2. The third-order valence-electron chi connectivity index (χ3n) is 6.84. The lowest BCUT2D eigenvalue weighted by atomic mass is 9.90. The van der Waals surface area contributed by atoms with E-state index in [1.165, 1.54) is 5.56 Å². The number of nitrogens with zero attached hydrogens (tertiary/aromatic N) is 4. The highest BCUT2D eigenvalue weighted by molar-refractivity contribution is 5.96. The number of hydrogen-bond donors (Lipinski definition) is 2. The summed E-state index contributed by atoms with van der Waals surface area (Å²) in [6, 6.07) is 6.38. The number of rotatable bonds is 11. The van der Waals surface area contributed by atoms with Crippen LogP contribution in [0.5, 0.6) is 0 Å². The molecule has 1 aliphatic heterocycles. The predicted octanol–water partition coefficient (Wildman–Crippen LogP) is 3.90. The minimum absolute atomic E-state index is 0.205. The summed E-state index contributed by atoms with van der Waals surface area (Å²) in [4.78, 5) is 36.1. The molecule has 0 aliphatic carbocycles.